The lowest BCUT2D eigenvalue weighted by Gasteiger charge is -2.34. The number of amides is 2. The van der Waals surface area contributed by atoms with Crippen molar-refractivity contribution < 1.29 is 9.90 Å². The number of benzene rings is 2. The number of pyridine rings is 2. The zero-order chi connectivity index (χ0) is 28.3. The van der Waals surface area contributed by atoms with Crippen LogP contribution in [0.25, 0.3) is 11.1 Å². The first-order chi connectivity index (χ1) is 20.1. The number of nitrogens with zero attached hydrogens (tertiary/aromatic N) is 4. The maximum Gasteiger partial charge on any atom is 0.319 e. The summed E-state index contributed by atoms with van der Waals surface area (Å²) in [5.41, 5.74) is 5.07. The Labute approximate surface area is 242 Å². The summed E-state index contributed by atoms with van der Waals surface area (Å²) < 4.78 is 0. The van der Waals surface area contributed by atoms with Gasteiger partial charge in [0.25, 0.3) is 0 Å². The van der Waals surface area contributed by atoms with Gasteiger partial charge in [-0.1, -0.05) is 60.7 Å². The van der Waals surface area contributed by atoms with Gasteiger partial charge in [-0.25, -0.2) is 4.79 Å². The quantitative estimate of drug-likeness (QED) is 0.249. The molecule has 1 unspecified atom stereocenters. The van der Waals surface area contributed by atoms with E-state index < -0.39 is 6.10 Å². The molecule has 1 saturated heterocycles. The van der Waals surface area contributed by atoms with Crippen LogP contribution in [0.15, 0.2) is 104 Å². The van der Waals surface area contributed by atoms with Crippen molar-refractivity contribution in [3.8, 4) is 11.1 Å². The maximum absolute atomic E-state index is 12.9. The van der Waals surface area contributed by atoms with Crippen LogP contribution in [-0.4, -0.2) is 69.2 Å². The normalized spacial score (nSPS) is 15.0. The Kier molecular flexibility index (Phi) is 10.1. The zero-order valence-electron chi connectivity index (χ0n) is 23.3. The van der Waals surface area contributed by atoms with E-state index in [2.05, 4.69) is 42.5 Å². The van der Waals surface area contributed by atoms with Gasteiger partial charge < -0.3 is 20.6 Å². The number of aromatic nitrogens is 2. The van der Waals surface area contributed by atoms with Crippen LogP contribution in [-0.2, 0) is 13.1 Å². The number of carbonyl (C=O) groups excluding carboxylic acids is 1. The molecule has 1 fully saturated rings. The second-order valence-electron chi connectivity index (χ2n) is 10.6. The molecule has 0 spiro atoms. The minimum absolute atomic E-state index is 0.0972. The largest absolute Gasteiger partial charge is 0.390 e. The van der Waals surface area contributed by atoms with Crippen LogP contribution < -0.4 is 10.6 Å². The lowest BCUT2D eigenvalue weighted by molar-refractivity contribution is 0.0588. The minimum atomic E-state index is -0.495. The first-order valence-electron chi connectivity index (χ1n) is 14.2. The molecule has 212 valence electrons. The molecule has 5 rings (SSSR count). The van der Waals surface area contributed by atoms with Gasteiger partial charge in [-0.3, -0.25) is 14.9 Å². The molecule has 4 aromatic rings. The summed E-state index contributed by atoms with van der Waals surface area (Å²) in [7, 11) is 0. The van der Waals surface area contributed by atoms with Gasteiger partial charge in [0.1, 0.15) is 0 Å². The smallest absolute Gasteiger partial charge is 0.319 e. The number of likely N-dealkylation sites (tertiary alicyclic amines) is 1. The van der Waals surface area contributed by atoms with E-state index in [9.17, 15) is 9.90 Å². The Morgan fingerprint density at radius 2 is 1.51 bits per heavy atom. The average Bonchev–Trinajstić information content (AvgIpc) is 3.00. The molecule has 8 heteroatoms. The van der Waals surface area contributed by atoms with Gasteiger partial charge in [-0.05, 0) is 47.7 Å². The average molecular weight is 551 g/mol. The van der Waals surface area contributed by atoms with Gasteiger partial charge >= 0.3 is 6.03 Å². The molecule has 0 bridgehead atoms. The van der Waals surface area contributed by atoms with Crippen LogP contribution in [0.5, 0.6) is 0 Å². The van der Waals surface area contributed by atoms with Crippen LogP contribution in [0.1, 0.15) is 24.0 Å². The Hall–Kier alpha value is -4.11. The number of anilines is 1. The third kappa shape index (κ3) is 8.69. The molecule has 2 aromatic carbocycles. The third-order valence-electron chi connectivity index (χ3n) is 7.38. The van der Waals surface area contributed by atoms with E-state index in [4.69, 9.17) is 0 Å². The Morgan fingerprint density at radius 1 is 0.878 bits per heavy atom. The number of aliphatic hydroxyl groups is 1. The molecular weight excluding hydrogens is 512 g/mol. The fraction of sp³-hybridized carbons (Fsp3) is 0.303. The van der Waals surface area contributed by atoms with E-state index in [1.165, 1.54) is 0 Å². The van der Waals surface area contributed by atoms with E-state index in [0.29, 0.717) is 26.2 Å². The summed E-state index contributed by atoms with van der Waals surface area (Å²) >= 11 is 0. The van der Waals surface area contributed by atoms with Crippen molar-refractivity contribution in [3.05, 3.63) is 115 Å². The number of rotatable bonds is 11. The monoisotopic (exact) mass is 550 g/mol. The van der Waals surface area contributed by atoms with Crippen LogP contribution in [0.2, 0.25) is 0 Å². The highest BCUT2D eigenvalue weighted by Crippen LogP contribution is 2.27. The number of hydrogen-bond acceptors (Lipinski definition) is 6. The molecule has 0 radical (unpaired) electrons. The van der Waals surface area contributed by atoms with E-state index in [1.54, 1.807) is 12.4 Å². The first-order valence-corrected chi connectivity index (χ1v) is 14.2. The molecular formula is C33H38N6O2. The molecule has 0 saturated carbocycles. The number of urea groups is 1. The van der Waals surface area contributed by atoms with Gasteiger partial charge in [0.2, 0.25) is 0 Å². The summed E-state index contributed by atoms with van der Waals surface area (Å²) in [5, 5.41) is 17.2. The number of piperidine rings is 1. The van der Waals surface area contributed by atoms with Crippen molar-refractivity contribution in [1.82, 2.24) is 25.1 Å². The van der Waals surface area contributed by atoms with Gasteiger partial charge in [0.15, 0.2) is 0 Å². The van der Waals surface area contributed by atoms with E-state index in [-0.39, 0.29) is 12.1 Å². The standard InChI is InChI=1S/C33H38N6O2/c40-30(25-39(22-26-8-6-16-34-20-26)23-27-9-7-17-35-21-27)24-38-18-14-29(15-19-38)36-33(41)37-32-13-5-4-12-31(32)28-10-2-1-3-11-28/h1-13,16-17,20-21,29-30,40H,14-15,18-19,22-25H2,(H2,36,37,41). The van der Waals surface area contributed by atoms with Crippen molar-refractivity contribution in [2.45, 2.75) is 38.1 Å². The predicted octanol–water partition coefficient (Wildman–Crippen LogP) is 4.79. The zero-order valence-corrected chi connectivity index (χ0v) is 23.3. The molecule has 1 aliphatic rings. The Bertz CT molecular complexity index is 1310. The SMILES string of the molecule is O=C(Nc1ccccc1-c1ccccc1)NC1CCN(CC(O)CN(Cc2cccnc2)Cc2cccnc2)CC1. The Balaban J connectivity index is 1.09. The highest BCUT2D eigenvalue weighted by molar-refractivity contribution is 5.94. The number of carbonyl (C=O) groups is 1. The molecule has 1 aliphatic heterocycles. The van der Waals surface area contributed by atoms with Crippen LogP contribution in [0.3, 0.4) is 0 Å². The van der Waals surface area contributed by atoms with Crippen molar-refractivity contribution in [2.75, 3.05) is 31.5 Å². The van der Waals surface area contributed by atoms with E-state index in [0.717, 1.165) is 53.9 Å². The Morgan fingerprint density at radius 3 is 2.15 bits per heavy atom. The van der Waals surface area contributed by atoms with Crippen LogP contribution >= 0.6 is 0 Å². The fourth-order valence-electron chi connectivity index (χ4n) is 5.40. The molecule has 41 heavy (non-hydrogen) atoms. The van der Waals surface area contributed by atoms with Crippen molar-refractivity contribution in [1.29, 1.82) is 0 Å². The summed E-state index contributed by atoms with van der Waals surface area (Å²) in [5.74, 6) is 0. The van der Waals surface area contributed by atoms with Gasteiger partial charge in [-0.2, -0.15) is 0 Å². The fourth-order valence-corrected chi connectivity index (χ4v) is 5.40. The molecule has 3 N–H and O–H groups in total. The van der Waals surface area contributed by atoms with Gasteiger partial charge in [-0.15, -0.1) is 0 Å². The van der Waals surface area contributed by atoms with Gasteiger partial charge in [0.05, 0.1) is 11.8 Å². The molecule has 2 amide bonds. The topological polar surface area (TPSA) is 93.6 Å². The van der Waals surface area contributed by atoms with Crippen molar-refractivity contribution in [2.24, 2.45) is 0 Å². The van der Waals surface area contributed by atoms with E-state index >= 15 is 0 Å². The minimum Gasteiger partial charge on any atom is -0.390 e. The molecule has 0 aliphatic carbocycles. The molecule has 2 aromatic heterocycles. The van der Waals surface area contributed by atoms with Gasteiger partial charge in [0, 0.05) is 75.7 Å². The number of nitrogens with one attached hydrogen (secondary N) is 2. The van der Waals surface area contributed by atoms with E-state index in [1.807, 2.05) is 79.1 Å². The highest BCUT2D eigenvalue weighted by Gasteiger charge is 2.23. The van der Waals surface area contributed by atoms with Crippen molar-refractivity contribution >= 4 is 11.7 Å². The lowest BCUT2D eigenvalue weighted by Crippen LogP contribution is -2.48. The third-order valence-corrected chi connectivity index (χ3v) is 7.38. The second-order valence-corrected chi connectivity index (χ2v) is 10.6. The second kappa shape index (κ2) is 14.5. The first kappa shape index (κ1) is 28.4. The molecule has 3 heterocycles. The lowest BCUT2D eigenvalue weighted by atomic mass is 10.0. The highest BCUT2D eigenvalue weighted by atomic mass is 16.3. The summed E-state index contributed by atoms with van der Waals surface area (Å²) in [6.07, 6.45) is 8.48. The molecule has 8 nitrogen and oxygen atoms in total. The van der Waals surface area contributed by atoms with Crippen LogP contribution in [0, 0.1) is 0 Å². The van der Waals surface area contributed by atoms with Crippen molar-refractivity contribution in [3.63, 3.8) is 0 Å². The summed E-state index contributed by atoms with van der Waals surface area (Å²) in [4.78, 5) is 25.9. The summed E-state index contributed by atoms with van der Waals surface area (Å²) in [6, 6.07) is 25.8. The van der Waals surface area contributed by atoms with Crippen LogP contribution in [0.4, 0.5) is 10.5 Å². The summed E-state index contributed by atoms with van der Waals surface area (Å²) in [6.45, 7) is 4.20. The maximum atomic E-state index is 12.9. The molecule has 1 atom stereocenters. The number of para-hydroxylation sites is 1. The number of β-amino-alcohol motifs (C(OH)–C–C–N with tert-alkyl or cyclic N) is 1. The number of aliphatic hydroxyl groups excluding tert-OH is 1. The predicted molar refractivity (Wildman–Crippen MR) is 162 cm³/mol. The number of hydrogen-bond donors (Lipinski definition) is 3.